The van der Waals surface area contributed by atoms with E-state index in [2.05, 4.69) is 0 Å². The summed E-state index contributed by atoms with van der Waals surface area (Å²) in [5.41, 5.74) is -0.594. The van der Waals surface area contributed by atoms with Gasteiger partial charge in [-0.25, -0.2) is 13.6 Å². The highest BCUT2D eigenvalue weighted by molar-refractivity contribution is 6.24. The van der Waals surface area contributed by atoms with E-state index in [0.717, 1.165) is 12.1 Å². The van der Waals surface area contributed by atoms with Gasteiger partial charge in [0.05, 0.1) is 12.2 Å². The van der Waals surface area contributed by atoms with Crippen molar-refractivity contribution in [1.82, 2.24) is 0 Å². The van der Waals surface area contributed by atoms with E-state index in [1.165, 1.54) is 6.08 Å². The summed E-state index contributed by atoms with van der Waals surface area (Å²) in [5, 5.41) is 0. The van der Waals surface area contributed by atoms with Gasteiger partial charge >= 0.3 is 5.97 Å². The van der Waals surface area contributed by atoms with Crippen LogP contribution in [0.25, 0.3) is 0 Å². The van der Waals surface area contributed by atoms with Crippen LogP contribution in [0.15, 0.2) is 29.8 Å². The van der Waals surface area contributed by atoms with Gasteiger partial charge < -0.3 is 4.74 Å². The zero-order valence-corrected chi connectivity index (χ0v) is 10.7. The Bertz CT molecular complexity index is 521. The van der Waals surface area contributed by atoms with Gasteiger partial charge in [-0.05, 0) is 25.5 Å². The molecule has 0 aromatic heterocycles. The van der Waals surface area contributed by atoms with Crippen molar-refractivity contribution in [2.75, 3.05) is 6.61 Å². The first-order valence-electron chi connectivity index (χ1n) is 5.88. The van der Waals surface area contributed by atoms with Gasteiger partial charge in [0.2, 0.25) is 5.78 Å². The number of ether oxygens (including phenoxy) is 1. The molecule has 3 nitrogen and oxygen atoms in total. The van der Waals surface area contributed by atoms with Crippen LogP contribution in [0, 0.1) is 11.6 Å². The summed E-state index contributed by atoms with van der Waals surface area (Å²) in [4.78, 5) is 23.7. The molecule has 19 heavy (non-hydrogen) atoms. The number of benzene rings is 1. The van der Waals surface area contributed by atoms with Crippen molar-refractivity contribution in [2.45, 2.75) is 20.3 Å². The summed E-state index contributed by atoms with van der Waals surface area (Å²) in [7, 11) is 0. The van der Waals surface area contributed by atoms with Crippen molar-refractivity contribution in [3.8, 4) is 0 Å². The number of carbonyl (C=O) groups is 2. The lowest BCUT2D eigenvalue weighted by Crippen LogP contribution is -2.17. The Balaban J connectivity index is 3.13. The molecule has 102 valence electrons. The van der Waals surface area contributed by atoms with E-state index in [1.54, 1.807) is 13.8 Å². The third kappa shape index (κ3) is 3.71. The first-order valence-corrected chi connectivity index (χ1v) is 5.88. The molecule has 0 aliphatic heterocycles. The minimum atomic E-state index is -1.00. The third-order valence-electron chi connectivity index (χ3n) is 2.32. The molecule has 1 aromatic rings. The molecule has 5 heteroatoms. The molecular formula is C14H14F2O3. The lowest BCUT2D eigenvalue weighted by molar-refractivity contribution is -0.138. The van der Waals surface area contributed by atoms with Gasteiger partial charge in [-0.15, -0.1) is 0 Å². The summed E-state index contributed by atoms with van der Waals surface area (Å²) in [5.74, 6) is -3.40. The maximum atomic E-state index is 13.5. The van der Waals surface area contributed by atoms with Gasteiger partial charge in [0.1, 0.15) is 17.2 Å². The molecule has 0 unspecified atom stereocenters. The van der Waals surface area contributed by atoms with Crippen molar-refractivity contribution in [3.05, 3.63) is 47.0 Å². The highest BCUT2D eigenvalue weighted by Gasteiger charge is 2.23. The Morgan fingerprint density at radius 1 is 1.26 bits per heavy atom. The Kier molecular flexibility index (Phi) is 5.36. The molecule has 1 aromatic carbocycles. The molecule has 0 heterocycles. The molecule has 0 bridgehead atoms. The zero-order valence-electron chi connectivity index (χ0n) is 10.7. The zero-order chi connectivity index (χ0) is 14.4. The number of esters is 1. The first kappa shape index (κ1) is 15.0. The van der Waals surface area contributed by atoms with Gasteiger partial charge in [-0.2, -0.15) is 0 Å². The summed E-state index contributed by atoms with van der Waals surface area (Å²) in [6.45, 7) is 3.44. The Morgan fingerprint density at radius 2 is 1.95 bits per heavy atom. The van der Waals surface area contributed by atoms with Crippen LogP contribution in [0.5, 0.6) is 0 Å². The van der Waals surface area contributed by atoms with Crippen molar-refractivity contribution < 1.29 is 23.1 Å². The molecule has 0 atom stereocenters. The quantitative estimate of drug-likeness (QED) is 0.271. The second-order valence-corrected chi connectivity index (χ2v) is 3.70. The van der Waals surface area contributed by atoms with E-state index in [4.69, 9.17) is 4.74 Å². The minimum Gasteiger partial charge on any atom is -0.462 e. The lowest BCUT2D eigenvalue weighted by atomic mass is 10.0. The fourth-order valence-electron chi connectivity index (χ4n) is 1.50. The average Bonchev–Trinajstić information content (AvgIpc) is 2.35. The van der Waals surface area contributed by atoms with Crippen molar-refractivity contribution in [3.63, 3.8) is 0 Å². The molecule has 0 radical (unpaired) electrons. The van der Waals surface area contributed by atoms with Gasteiger partial charge in [-0.3, -0.25) is 4.79 Å². The van der Waals surface area contributed by atoms with Gasteiger partial charge in [0.15, 0.2) is 0 Å². The molecule has 0 N–H and O–H groups in total. The van der Waals surface area contributed by atoms with Crippen molar-refractivity contribution in [2.24, 2.45) is 0 Å². The summed E-state index contributed by atoms with van der Waals surface area (Å²) >= 11 is 0. The number of rotatable bonds is 5. The van der Waals surface area contributed by atoms with Crippen LogP contribution in [0.1, 0.15) is 30.6 Å². The van der Waals surface area contributed by atoms with Crippen LogP contribution in [-0.2, 0) is 9.53 Å². The topological polar surface area (TPSA) is 43.4 Å². The molecular weight excluding hydrogens is 254 g/mol. The average molecular weight is 268 g/mol. The van der Waals surface area contributed by atoms with Crippen LogP contribution < -0.4 is 0 Å². The second-order valence-electron chi connectivity index (χ2n) is 3.70. The molecule has 0 amide bonds. The van der Waals surface area contributed by atoms with E-state index in [-0.39, 0.29) is 17.7 Å². The number of Topliss-reactive ketones (excluding diaryl/α,β-unsaturated/α-hetero) is 1. The number of ketones is 1. The van der Waals surface area contributed by atoms with Crippen LogP contribution in [-0.4, -0.2) is 18.4 Å². The van der Waals surface area contributed by atoms with E-state index in [0.29, 0.717) is 12.5 Å². The van der Waals surface area contributed by atoms with E-state index in [1.807, 2.05) is 0 Å². The molecule has 0 saturated heterocycles. The maximum absolute atomic E-state index is 13.5. The van der Waals surface area contributed by atoms with Crippen LogP contribution in [0.2, 0.25) is 0 Å². The van der Waals surface area contributed by atoms with Gasteiger partial charge in [-0.1, -0.05) is 13.0 Å². The second kappa shape index (κ2) is 6.78. The maximum Gasteiger partial charge on any atom is 0.341 e. The van der Waals surface area contributed by atoms with Gasteiger partial charge in [0, 0.05) is 6.07 Å². The number of halogens is 2. The Labute approximate surface area is 109 Å². The molecule has 0 aliphatic carbocycles. The summed E-state index contributed by atoms with van der Waals surface area (Å²) < 4.78 is 31.0. The number of hydrogen-bond donors (Lipinski definition) is 0. The molecule has 0 aliphatic rings. The molecule has 1 rings (SSSR count). The molecule has 0 saturated carbocycles. The van der Waals surface area contributed by atoms with Crippen LogP contribution in [0.3, 0.4) is 0 Å². The minimum absolute atomic E-state index is 0.110. The monoisotopic (exact) mass is 268 g/mol. The number of carbonyl (C=O) groups excluding carboxylic acids is 2. The highest BCUT2D eigenvalue weighted by atomic mass is 19.1. The SMILES string of the molecule is CCC=C(C(=O)OCC)C(=O)c1ccc(F)cc1F. The fourth-order valence-corrected chi connectivity index (χ4v) is 1.50. The van der Waals surface area contributed by atoms with E-state index < -0.39 is 23.4 Å². The summed E-state index contributed by atoms with van der Waals surface area (Å²) in [6, 6.07) is 2.57. The predicted octanol–water partition coefficient (Wildman–Crippen LogP) is 3.05. The highest BCUT2D eigenvalue weighted by Crippen LogP contribution is 2.16. The van der Waals surface area contributed by atoms with Gasteiger partial charge in [0.25, 0.3) is 0 Å². The first-order chi connectivity index (χ1) is 9.01. The van der Waals surface area contributed by atoms with Crippen LogP contribution >= 0.6 is 0 Å². The predicted molar refractivity (Wildman–Crippen MR) is 65.7 cm³/mol. The number of allylic oxidation sites excluding steroid dienone is 1. The standard InChI is InChI=1S/C14H14F2O3/c1-3-5-11(14(18)19-4-2)13(17)10-7-6-9(15)8-12(10)16/h5-8H,3-4H2,1-2H3. The fraction of sp³-hybridized carbons (Fsp3) is 0.286. The molecule has 0 fully saturated rings. The van der Waals surface area contributed by atoms with Crippen molar-refractivity contribution in [1.29, 1.82) is 0 Å². The van der Waals surface area contributed by atoms with Crippen LogP contribution in [0.4, 0.5) is 8.78 Å². The normalized spacial score (nSPS) is 11.3. The Morgan fingerprint density at radius 3 is 2.47 bits per heavy atom. The molecule has 0 spiro atoms. The van der Waals surface area contributed by atoms with Crippen molar-refractivity contribution >= 4 is 11.8 Å². The number of hydrogen-bond acceptors (Lipinski definition) is 3. The third-order valence-corrected chi connectivity index (χ3v) is 2.32. The largest absolute Gasteiger partial charge is 0.462 e. The smallest absolute Gasteiger partial charge is 0.341 e. The van der Waals surface area contributed by atoms with E-state index >= 15 is 0 Å². The van der Waals surface area contributed by atoms with E-state index in [9.17, 15) is 18.4 Å². The Hall–Kier alpha value is -2.04. The lowest BCUT2D eigenvalue weighted by Gasteiger charge is -2.07. The summed E-state index contributed by atoms with van der Waals surface area (Å²) in [6.07, 6.45) is 1.78.